The van der Waals surface area contributed by atoms with Gasteiger partial charge in [-0.3, -0.25) is 0 Å². The molecule has 0 spiro atoms. The number of hydrogen-bond donors (Lipinski definition) is 0. The predicted molar refractivity (Wildman–Crippen MR) is 94.0 cm³/mol. The van der Waals surface area contributed by atoms with Gasteiger partial charge in [-0.05, 0) is 131 Å². The van der Waals surface area contributed by atoms with Crippen LogP contribution in [-0.2, 0) is 0 Å². The van der Waals surface area contributed by atoms with Crippen LogP contribution >= 0.6 is 0 Å². The fraction of sp³-hybridized carbons (Fsp3) is 1.00. The molecule has 8 saturated carbocycles. The first kappa shape index (κ1) is 14.2. The molecule has 8 aliphatic rings. The van der Waals surface area contributed by atoms with Crippen molar-refractivity contribution in [3.63, 3.8) is 0 Å². The van der Waals surface area contributed by atoms with Crippen molar-refractivity contribution in [2.75, 3.05) is 14.1 Å². The van der Waals surface area contributed by atoms with Gasteiger partial charge in [0.1, 0.15) is 0 Å². The van der Waals surface area contributed by atoms with Crippen molar-refractivity contribution in [1.29, 1.82) is 0 Å². The fourth-order valence-electron chi connectivity index (χ4n) is 10.2. The van der Waals surface area contributed by atoms with E-state index >= 15 is 0 Å². The summed E-state index contributed by atoms with van der Waals surface area (Å²) in [6, 6.07) is 0.931. The molecule has 6 unspecified atom stereocenters. The van der Waals surface area contributed by atoms with Gasteiger partial charge < -0.3 is 4.90 Å². The molecular formula is C22H35N. The van der Waals surface area contributed by atoms with Gasteiger partial charge in [0.2, 0.25) is 0 Å². The van der Waals surface area contributed by atoms with Crippen LogP contribution in [0.5, 0.6) is 0 Å². The fourth-order valence-corrected chi connectivity index (χ4v) is 10.2. The van der Waals surface area contributed by atoms with Crippen LogP contribution in [0.2, 0.25) is 0 Å². The molecule has 0 N–H and O–H groups in total. The molecule has 0 aromatic carbocycles. The van der Waals surface area contributed by atoms with Crippen LogP contribution in [0.1, 0.15) is 64.2 Å². The van der Waals surface area contributed by atoms with E-state index in [4.69, 9.17) is 0 Å². The van der Waals surface area contributed by atoms with E-state index in [9.17, 15) is 0 Å². The number of nitrogens with zero attached hydrogens (tertiary/aromatic N) is 1. The van der Waals surface area contributed by atoms with Crippen molar-refractivity contribution in [2.24, 2.45) is 52.8 Å². The summed E-state index contributed by atoms with van der Waals surface area (Å²) >= 11 is 0. The molecule has 1 heteroatoms. The standard InChI is InChI=1S/C22H35N/c1-23(2)21-18-7-13-6-17(9-18)20(19(21)8-13)22-10-14-3-15(11-22)5-16(4-14)12-22/h13-21H,3-12H2,1-2H3. The van der Waals surface area contributed by atoms with E-state index in [1.165, 1.54) is 0 Å². The molecule has 0 aromatic heterocycles. The molecule has 1 nitrogen and oxygen atoms in total. The topological polar surface area (TPSA) is 3.24 Å². The largest absolute Gasteiger partial charge is 0.306 e. The Morgan fingerprint density at radius 3 is 1.87 bits per heavy atom. The molecule has 0 aromatic rings. The quantitative estimate of drug-likeness (QED) is 0.707. The van der Waals surface area contributed by atoms with Crippen molar-refractivity contribution >= 4 is 0 Å². The van der Waals surface area contributed by atoms with Crippen LogP contribution < -0.4 is 0 Å². The molecular weight excluding hydrogens is 278 g/mol. The Balaban J connectivity index is 1.39. The zero-order chi connectivity index (χ0) is 15.3. The van der Waals surface area contributed by atoms with Crippen LogP contribution in [0.4, 0.5) is 0 Å². The summed E-state index contributed by atoms with van der Waals surface area (Å²) in [5, 5.41) is 0. The van der Waals surface area contributed by atoms with Crippen LogP contribution in [0, 0.1) is 52.8 Å². The normalized spacial score (nSPS) is 62.5. The summed E-state index contributed by atoms with van der Waals surface area (Å²) in [6.45, 7) is 0. The maximum atomic E-state index is 2.65. The van der Waals surface area contributed by atoms with Crippen molar-refractivity contribution in [1.82, 2.24) is 4.90 Å². The Morgan fingerprint density at radius 2 is 1.26 bits per heavy atom. The Kier molecular flexibility index (Phi) is 2.81. The molecule has 8 bridgehead atoms. The Bertz CT molecular complexity index is 473. The molecule has 0 aliphatic heterocycles. The Hall–Kier alpha value is -0.0400. The summed E-state index contributed by atoms with van der Waals surface area (Å²) in [5.41, 5.74) is 0.811. The number of hydrogen-bond acceptors (Lipinski definition) is 1. The SMILES string of the molecule is CN(C)C1C2CC3CC(C2)C(C24CC5CC(CC(C5)C2)C4)C1C3. The maximum absolute atomic E-state index is 2.65. The molecule has 128 valence electrons. The third-order valence-corrected chi connectivity index (χ3v) is 9.76. The second-order valence-electron chi connectivity index (χ2n) is 11.3. The van der Waals surface area contributed by atoms with E-state index in [2.05, 4.69) is 19.0 Å². The van der Waals surface area contributed by atoms with Gasteiger partial charge in [0.05, 0.1) is 0 Å². The van der Waals surface area contributed by atoms with Gasteiger partial charge in [-0.1, -0.05) is 0 Å². The van der Waals surface area contributed by atoms with Crippen molar-refractivity contribution in [3.05, 3.63) is 0 Å². The van der Waals surface area contributed by atoms with Gasteiger partial charge in [-0.2, -0.15) is 0 Å². The van der Waals surface area contributed by atoms with Crippen LogP contribution in [-0.4, -0.2) is 25.0 Å². The Labute approximate surface area is 142 Å². The van der Waals surface area contributed by atoms with E-state index in [0.29, 0.717) is 0 Å². The molecule has 6 atom stereocenters. The second kappa shape index (κ2) is 4.57. The summed E-state index contributed by atoms with van der Waals surface area (Å²) in [5.74, 6) is 8.89. The highest BCUT2D eigenvalue weighted by atomic mass is 15.1. The summed E-state index contributed by atoms with van der Waals surface area (Å²) < 4.78 is 0. The van der Waals surface area contributed by atoms with E-state index in [-0.39, 0.29) is 0 Å². The molecule has 8 fully saturated rings. The third kappa shape index (κ3) is 1.84. The highest BCUT2D eigenvalue weighted by molar-refractivity contribution is 5.13. The summed E-state index contributed by atoms with van der Waals surface area (Å²) in [7, 11) is 4.79. The van der Waals surface area contributed by atoms with E-state index in [1.54, 1.807) is 64.2 Å². The van der Waals surface area contributed by atoms with Gasteiger partial charge in [0.25, 0.3) is 0 Å². The Morgan fingerprint density at radius 1 is 0.652 bits per heavy atom. The molecule has 23 heavy (non-hydrogen) atoms. The minimum atomic E-state index is 0.811. The average molecular weight is 314 g/mol. The molecule has 0 saturated heterocycles. The smallest absolute Gasteiger partial charge is 0.0149 e. The number of rotatable bonds is 2. The lowest BCUT2D eigenvalue weighted by Gasteiger charge is -2.68. The molecule has 8 aliphatic carbocycles. The van der Waals surface area contributed by atoms with E-state index in [1.807, 2.05) is 0 Å². The lowest BCUT2D eigenvalue weighted by atomic mass is 9.38. The first-order valence-corrected chi connectivity index (χ1v) is 10.8. The van der Waals surface area contributed by atoms with Crippen molar-refractivity contribution in [2.45, 2.75) is 70.3 Å². The van der Waals surface area contributed by atoms with Crippen molar-refractivity contribution < 1.29 is 0 Å². The summed E-state index contributed by atoms with van der Waals surface area (Å²) in [4.78, 5) is 2.65. The van der Waals surface area contributed by atoms with Crippen LogP contribution in [0.25, 0.3) is 0 Å². The molecule has 8 rings (SSSR count). The monoisotopic (exact) mass is 313 g/mol. The zero-order valence-electron chi connectivity index (χ0n) is 15.2. The van der Waals surface area contributed by atoms with Crippen LogP contribution in [0.3, 0.4) is 0 Å². The molecule has 0 heterocycles. The first-order chi connectivity index (χ1) is 11.1. The molecule has 0 radical (unpaired) electrons. The van der Waals surface area contributed by atoms with Gasteiger partial charge in [0.15, 0.2) is 0 Å². The third-order valence-electron chi connectivity index (χ3n) is 9.76. The maximum Gasteiger partial charge on any atom is 0.0149 e. The highest BCUT2D eigenvalue weighted by Gasteiger charge is 2.63. The van der Waals surface area contributed by atoms with Crippen LogP contribution in [0.15, 0.2) is 0 Å². The predicted octanol–water partition coefficient (Wildman–Crippen LogP) is 4.82. The summed E-state index contributed by atoms with van der Waals surface area (Å²) in [6.07, 6.45) is 16.2. The molecule has 0 amide bonds. The van der Waals surface area contributed by atoms with E-state index < -0.39 is 0 Å². The zero-order valence-corrected chi connectivity index (χ0v) is 15.2. The lowest BCUT2D eigenvalue weighted by molar-refractivity contribution is -0.187. The highest BCUT2D eigenvalue weighted by Crippen LogP contribution is 2.70. The first-order valence-electron chi connectivity index (χ1n) is 10.8. The average Bonchev–Trinajstić information content (AvgIpc) is 2.43. The van der Waals surface area contributed by atoms with Gasteiger partial charge in [-0.25, -0.2) is 0 Å². The van der Waals surface area contributed by atoms with Gasteiger partial charge >= 0.3 is 0 Å². The minimum Gasteiger partial charge on any atom is -0.306 e. The minimum absolute atomic E-state index is 0.811. The second-order valence-corrected chi connectivity index (χ2v) is 11.3. The van der Waals surface area contributed by atoms with Gasteiger partial charge in [0, 0.05) is 6.04 Å². The lowest BCUT2D eigenvalue weighted by Crippen LogP contribution is -2.64. The van der Waals surface area contributed by atoms with E-state index in [0.717, 1.165) is 58.8 Å². The van der Waals surface area contributed by atoms with Gasteiger partial charge in [-0.15, -0.1) is 0 Å². The van der Waals surface area contributed by atoms with Crippen molar-refractivity contribution in [3.8, 4) is 0 Å².